The Balaban J connectivity index is 1.94. The van der Waals surface area contributed by atoms with Crippen molar-refractivity contribution in [1.82, 2.24) is 16.0 Å². The molecule has 0 bridgehead atoms. The number of hydrogen-bond donors (Lipinski definition) is 3. The van der Waals surface area contributed by atoms with Crippen LogP contribution in [0.2, 0.25) is 0 Å². The number of hydrogen-bond acceptors (Lipinski definition) is 3. The van der Waals surface area contributed by atoms with E-state index in [0.717, 1.165) is 26.2 Å². The SMILES string of the molecule is C1CNCC2(C1)CNCCN2. The predicted octanol–water partition coefficient (Wildman–Crippen LogP) is -0.699. The van der Waals surface area contributed by atoms with E-state index >= 15 is 0 Å². The van der Waals surface area contributed by atoms with Crippen LogP contribution in [-0.4, -0.2) is 38.3 Å². The van der Waals surface area contributed by atoms with Gasteiger partial charge < -0.3 is 16.0 Å². The molecule has 0 aliphatic carbocycles. The molecule has 3 heteroatoms. The fourth-order valence-corrected chi connectivity index (χ4v) is 2.08. The highest BCUT2D eigenvalue weighted by molar-refractivity contribution is 4.97. The normalized spacial score (nSPS) is 39.3. The largest absolute Gasteiger partial charge is 0.315 e. The van der Waals surface area contributed by atoms with Crippen LogP contribution in [0.5, 0.6) is 0 Å². The lowest BCUT2D eigenvalue weighted by Crippen LogP contribution is -2.65. The molecule has 0 aromatic carbocycles. The zero-order chi connectivity index (χ0) is 7.57. The summed E-state index contributed by atoms with van der Waals surface area (Å²) in [5.41, 5.74) is 0.385. The van der Waals surface area contributed by atoms with Crippen molar-refractivity contribution in [2.24, 2.45) is 0 Å². The van der Waals surface area contributed by atoms with Crippen molar-refractivity contribution in [2.45, 2.75) is 18.4 Å². The molecule has 0 amide bonds. The van der Waals surface area contributed by atoms with Crippen LogP contribution in [0.4, 0.5) is 0 Å². The Bertz CT molecular complexity index is 104. The number of nitrogens with one attached hydrogen (secondary N) is 3. The van der Waals surface area contributed by atoms with Crippen LogP contribution in [-0.2, 0) is 0 Å². The second-order valence-electron chi connectivity index (χ2n) is 3.66. The molecular formula is C8H17N3. The quantitative estimate of drug-likeness (QED) is 0.433. The van der Waals surface area contributed by atoms with Crippen molar-refractivity contribution in [3.05, 3.63) is 0 Å². The molecule has 64 valence electrons. The summed E-state index contributed by atoms with van der Waals surface area (Å²) in [5.74, 6) is 0. The molecular weight excluding hydrogens is 138 g/mol. The molecule has 1 spiro atoms. The summed E-state index contributed by atoms with van der Waals surface area (Å²) >= 11 is 0. The third-order valence-corrected chi connectivity index (χ3v) is 2.74. The molecule has 0 saturated carbocycles. The molecule has 2 saturated heterocycles. The molecule has 2 aliphatic rings. The minimum atomic E-state index is 0.385. The van der Waals surface area contributed by atoms with Gasteiger partial charge in [0, 0.05) is 31.7 Å². The highest BCUT2D eigenvalue weighted by Gasteiger charge is 2.32. The number of piperidine rings is 1. The lowest BCUT2D eigenvalue weighted by molar-refractivity contribution is 0.215. The molecule has 2 heterocycles. The summed E-state index contributed by atoms with van der Waals surface area (Å²) in [6, 6.07) is 0. The Kier molecular flexibility index (Phi) is 2.11. The van der Waals surface area contributed by atoms with Gasteiger partial charge in [0.25, 0.3) is 0 Å². The third-order valence-electron chi connectivity index (χ3n) is 2.74. The van der Waals surface area contributed by atoms with Crippen molar-refractivity contribution in [3.63, 3.8) is 0 Å². The van der Waals surface area contributed by atoms with Gasteiger partial charge in [0.1, 0.15) is 0 Å². The topological polar surface area (TPSA) is 36.1 Å². The first-order valence-electron chi connectivity index (χ1n) is 4.58. The number of rotatable bonds is 0. The van der Waals surface area contributed by atoms with Crippen LogP contribution in [0.15, 0.2) is 0 Å². The van der Waals surface area contributed by atoms with Gasteiger partial charge in [-0.2, -0.15) is 0 Å². The smallest absolute Gasteiger partial charge is 0.0433 e. The van der Waals surface area contributed by atoms with Gasteiger partial charge in [-0.25, -0.2) is 0 Å². The van der Waals surface area contributed by atoms with Gasteiger partial charge in [-0.1, -0.05) is 0 Å². The van der Waals surface area contributed by atoms with E-state index < -0.39 is 0 Å². The molecule has 2 rings (SSSR count). The zero-order valence-corrected chi connectivity index (χ0v) is 6.95. The second kappa shape index (κ2) is 3.09. The fourth-order valence-electron chi connectivity index (χ4n) is 2.08. The first kappa shape index (κ1) is 7.53. The average molecular weight is 155 g/mol. The lowest BCUT2D eigenvalue weighted by atomic mass is 9.89. The number of piperazine rings is 1. The van der Waals surface area contributed by atoms with Gasteiger partial charge in [-0.15, -0.1) is 0 Å². The highest BCUT2D eigenvalue weighted by Crippen LogP contribution is 2.16. The maximum atomic E-state index is 3.61. The molecule has 11 heavy (non-hydrogen) atoms. The van der Waals surface area contributed by atoms with Crippen molar-refractivity contribution in [2.75, 3.05) is 32.7 Å². The van der Waals surface area contributed by atoms with Crippen molar-refractivity contribution in [3.8, 4) is 0 Å². The first-order valence-corrected chi connectivity index (χ1v) is 4.58. The van der Waals surface area contributed by atoms with E-state index in [0.29, 0.717) is 5.54 Å². The second-order valence-corrected chi connectivity index (χ2v) is 3.66. The summed E-state index contributed by atoms with van der Waals surface area (Å²) in [5, 5.41) is 10.5. The van der Waals surface area contributed by atoms with Gasteiger partial charge in [0.15, 0.2) is 0 Å². The van der Waals surface area contributed by atoms with Gasteiger partial charge >= 0.3 is 0 Å². The summed E-state index contributed by atoms with van der Waals surface area (Å²) in [6.07, 6.45) is 2.64. The Morgan fingerprint density at radius 3 is 2.27 bits per heavy atom. The van der Waals surface area contributed by atoms with Crippen molar-refractivity contribution < 1.29 is 0 Å². The first-order chi connectivity index (χ1) is 5.41. The maximum absolute atomic E-state index is 3.61. The summed E-state index contributed by atoms with van der Waals surface area (Å²) < 4.78 is 0. The van der Waals surface area contributed by atoms with Gasteiger partial charge in [0.2, 0.25) is 0 Å². The molecule has 0 radical (unpaired) electrons. The van der Waals surface area contributed by atoms with Crippen LogP contribution in [0.3, 0.4) is 0 Å². The standard InChI is InChI=1S/C8H17N3/c1-2-8(6-9-3-1)7-10-4-5-11-8/h9-11H,1-7H2. The minimum absolute atomic E-state index is 0.385. The zero-order valence-electron chi connectivity index (χ0n) is 6.95. The van der Waals surface area contributed by atoms with E-state index in [1.807, 2.05) is 0 Å². The van der Waals surface area contributed by atoms with E-state index in [1.54, 1.807) is 0 Å². The molecule has 3 N–H and O–H groups in total. The summed E-state index contributed by atoms with van der Waals surface area (Å²) in [6.45, 7) is 5.73. The molecule has 0 aromatic rings. The Morgan fingerprint density at radius 2 is 1.73 bits per heavy atom. The van der Waals surface area contributed by atoms with E-state index in [1.165, 1.54) is 19.4 Å². The van der Waals surface area contributed by atoms with E-state index in [9.17, 15) is 0 Å². The third kappa shape index (κ3) is 1.55. The average Bonchev–Trinajstić information content (AvgIpc) is 2.07. The summed E-state index contributed by atoms with van der Waals surface area (Å²) in [4.78, 5) is 0. The predicted molar refractivity (Wildman–Crippen MR) is 45.7 cm³/mol. The fraction of sp³-hybridized carbons (Fsp3) is 1.00. The maximum Gasteiger partial charge on any atom is 0.0433 e. The van der Waals surface area contributed by atoms with E-state index in [4.69, 9.17) is 0 Å². The Hall–Kier alpha value is -0.120. The van der Waals surface area contributed by atoms with E-state index in [2.05, 4.69) is 16.0 Å². The van der Waals surface area contributed by atoms with Crippen LogP contribution < -0.4 is 16.0 Å². The molecule has 3 nitrogen and oxygen atoms in total. The van der Waals surface area contributed by atoms with Crippen LogP contribution in [0.1, 0.15) is 12.8 Å². The highest BCUT2D eigenvalue weighted by atomic mass is 15.1. The van der Waals surface area contributed by atoms with Crippen LogP contribution in [0.25, 0.3) is 0 Å². The van der Waals surface area contributed by atoms with Gasteiger partial charge in [-0.05, 0) is 19.4 Å². The molecule has 2 fully saturated rings. The monoisotopic (exact) mass is 155 g/mol. The Labute approximate surface area is 67.9 Å². The van der Waals surface area contributed by atoms with Crippen LogP contribution in [0, 0.1) is 0 Å². The van der Waals surface area contributed by atoms with Gasteiger partial charge in [-0.3, -0.25) is 0 Å². The van der Waals surface area contributed by atoms with Gasteiger partial charge in [0.05, 0.1) is 0 Å². The molecule has 0 aromatic heterocycles. The Morgan fingerprint density at radius 1 is 0.909 bits per heavy atom. The lowest BCUT2D eigenvalue weighted by Gasteiger charge is -2.42. The minimum Gasteiger partial charge on any atom is -0.315 e. The van der Waals surface area contributed by atoms with E-state index in [-0.39, 0.29) is 0 Å². The molecule has 1 atom stereocenters. The molecule has 2 aliphatic heterocycles. The van der Waals surface area contributed by atoms with Crippen molar-refractivity contribution in [1.29, 1.82) is 0 Å². The van der Waals surface area contributed by atoms with Crippen molar-refractivity contribution >= 4 is 0 Å². The molecule has 1 unspecified atom stereocenters. The van der Waals surface area contributed by atoms with Crippen LogP contribution >= 0.6 is 0 Å². The summed E-state index contributed by atoms with van der Waals surface area (Å²) in [7, 11) is 0.